The zero-order valence-corrected chi connectivity index (χ0v) is 13.1. The number of amides is 1. The molecular formula is C11H13BrINO4. The van der Waals surface area contributed by atoms with E-state index in [4.69, 9.17) is 15.3 Å². The fourth-order valence-electron chi connectivity index (χ4n) is 1.25. The van der Waals surface area contributed by atoms with Crippen molar-refractivity contribution in [1.29, 1.82) is 0 Å². The van der Waals surface area contributed by atoms with Crippen LogP contribution in [0, 0.1) is 3.57 Å². The third-order valence-corrected chi connectivity index (χ3v) is 3.89. The monoisotopic (exact) mass is 429 g/mol. The molecule has 0 unspecified atom stereocenters. The van der Waals surface area contributed by atoms with Crippen LogP contribution < -0.4 is 5.32 Å². The van der Waals surface area contributed by atoms with E-state index in [-0.39, 0.29) is 0 Å². The summed E-state index contributed by atoms with van der Waals surface area (Å²) in [6.07, 6.45) is 0. The van der Waals surface area contributed by atoms with E-state index in [2.05, 4.69) is 21.2 Å². The molecule has 0 radical (unpaired) electrons. The zero-order valence-electron chi connectivity index (χ0n) is 9.36. The van der Waals surface area contributed by atoms with Crippen LogP contribution in [0.1, 0.15) is 10.4 Å². The van der Waals surface area contributed by atoms with E-state index in [1.807, 2.05) is 22.6 Å². The van der Waals surface area contributed by atoms with Crippen molar-refractivity contribution in [2.45, 2.75) is 5.54 Å². The van der Waals surface area contributed by atoms with Crippen LogP contribution in [0.5, 0.6) is 0 Å². The number of hydrogen-bond acceptors (Lipinski definition) is 4. The van der Waals surface area contributed by atoms with Gasteiger partial charge in [0.25, 0.3) is 5.91 Å². The Morgan fingerprint density at radius 3 is 2.33 bits per heavy atom. The van der Waals surface area contributed by atoms with Crippen molar-refractivity contribution in [2.24, 2.45) is 0 Å². The van der Waals surface area contributed by atoms with Crippen molar-refractivity contribution in [3.8, 4) is 0 Å². The molecule has 0 bridgehead atoms. The van der Waals surface area contributed by atoms with Crippen molar-refractivity contribution >= 4 is 44.4 Å². The van der Waals surface area contributed by atoms with E-state index < -0.39 is 31.3 Å². The lowest BCUT2D eigenvalue weighted by Crippen LogP contribution is -2.57. The van der Waals surface area contributed by atoms with Gasteiger partial charge >= 0.3 is 0 Å². The number of carbonyl (C=O) groups excluding carboxylic acids is 1. The van der Waals surface area contributed by atoms with E-state index in [0.717, 1.165) is 8.04 Å². The number of hydrogen-bond donors (Lipinski definition) is 4. The van der Waals surface area contributed by atoms with Crippen molar-refractivity contribution in [3.63, 3.8) is 0 Å². The number of nitrogens with one attached hydrogen (secondary N) is 1. The van der Waals surface area contributed by atoms with E-state index in [9.17, 15) is 4.79 Å². The normalized spacial score (nSPS) is 11.4. The summed E-state index contributed by atoms with van der Waals surface area (Å²) in [4.78, 5) is 12.0. The first-order valence-electron chi connectivity index (χ1n) is 5.08. The van der Waals surface area contributed by atoms with Gasteiger partial charge in [0, 0.05) is 8.04 Å². The minimum Gasteiger partial charge on any atom is -0.394 e. The molecule has 5 nitrogen and oxygen atoms in total. The van der Waals surface area contributed by atoms with Gasteiger partial charge in [-0.15, -0.1) is 0 Å². The van der Waals surface area contributed by atoms with Gasteiger partial charge in [0.15, 0.2) is 0 Å². The molecule has 100 valence electrons. The Labute approximate surface area is 126 Å². The molecule has 4 N–H and O–H groups in total. The molecule has 0 spiro atoms. The molecule has 0 saturated heterocycles. The lowest BCUT2D eigenvalue weighted by atomic mass is 10.0. The lowest BCUT2D eigenvalue weighted by molar-refractivity contribution is 0.0375. The quantitative estimate of drug-likeness (QED) is 0.513. The van der Waals surface area contributed by atoms with E-state index >= 15 is 0 Å². The molecule has 0 heterocycles. The molecule has 1 rings (SSSR count). The summed E-state index contributed by atoms with van der Waals surface area (Å²) in [6, 6.07) is 5.20. The zero-order chi connectivity index (χ0) is 13.8. The second-order valence-electron chi connectivity index (χ2n) is 3.83. The second-order valence-corrected chi connectivity index (χ2v) is 5.91. The summed E-state index contributed by atoms with van der Waals surface area (Å²) in [6.45, 7) is -1.64. The Balaban J connectivity index is 2.97. The van der Waals surface area contributed by atoms with Gasteiger partial charge < -0.3 is 20.6 Å². The molecule has 0 fully saturated rings. The predicted octanol–water partition coefficient (Wildman–Crippen LogP) is 0.499. The van der Waals surface area contributed by atoms with Gasteiger partial charge in [-0.25, -0.2) is 0 Å². The van der Waals surface area contributed by atoms with Crippen LogP contribution in [-0.4, -0.2) is 46.6 Å². The van der Waals surface area contributed by atoms with Crippen LogP contribution in [0.2, 0.25) is 0 Å². The number of aliphatic hydroxyl groups excluding tert-OH is 3. The molecule has 18 heavy (non-hydrogen) atoms. The summed E-state index contributed by atoms with van der Waals surface area (Å²) in [5, 5.41) is 29.9. The maximum atomic E-state index is 12.0. The standard InChI is InChI=1S/C11H13BrINO4/c12-7-1-2-9(13)8(3-7)10(18)14-11(4-15,5-16)6-17/h1-3,15-17H,4-6H2,(H,14,18). The molecule has 1 aromatic carbocycles. The van der Waals surface area contributed by atoms with Gasteiger partial charge in [0.2, 0.25) is 0 Å². The van der Waals surface area contributed by atoms with Gasteiger partial charge in [-0.2, -0.15) is 0 Å². The lowest BCUT2D eigenvalue weighted by Gasteiger charge is -2.28. The average Bonchev–Trinajstić information content (AvgIpc) is 2.38. The molecule has 0 aliphatic heterocycles. The first kappa shape index (κ1) is 15.8. The van der Waals surface area contributed by atoms with Gasteiger partial charge in [0.05, 0.1) is 25.4 Å². The largest absolute Gasteiger partial charge is 0.394 e. The van der Waals surface area contributed by atoms with Crippen LogP contribution in [0.25, 0.3) is 0 Å². The van der Waals surface area contributed by atoms with Crippen molar-refractivity contribution < 1.29 is 20.1 Å². The van der Waals surface area contributed by atoms with Crippen LogP contribution in [0.3, 0.4) is 0 Å². The van der Waals surface area contributed by atoms with E-state index in [1.165, 1.54) is 0 Å². The first-order chi connectivity index (χ1) is 8.48. The maximum Gasteiger partial charge on any atom is 0.253 e. The molecule has 0 aliphatic carbocycles. The molecular weight excluding hydrogens is 417 g/mol. The third-order valence-electron chi connectivity index (χ3n) is 2.46. The van der Waals surface area contributed by atoms with Crippen molar-refractivity contribution in [3.05, 3.63) is 31.8 Å². The highest BCUT2D eigenvalue weighted by molar-refractivity contribution is 14.1. The number of benzene rings is 1. The smallest absolute Gasteiger partial charge is 0.253 e. The minimum absolute atomic E-state index is 0.407. The Morgan fingerprint density at radius 2 is 1.83 bits per heavy atom. The molecule has 0 atom stereocenters. The number of aliphatic hydroxyl groups is 3. The summed E-state index contributed by atoms with van der Waals surface area (Å²) in [7, 11) is 0. The second kappa shape index (κ2) is 6.80. The van der Waals surface area contributed by atoms with Gasteiger partial charge in [-0.3, -0.25) is 4.79 Å². The average molecular weight is 430 g/mol. The summed E-state index contributed by atoms with van der Waals surface area (Å²) in [5.41, 5.74) is -1.01. The maximum absolute atomic E-state index is 12.0. The predicted molar refractivity (Wildman–Crippen MR) is 78.3 cm³/mol. The summed E-state index contributed by atoms with van der Waals surface area (Å²) < 4.78 is 1.48. The van der Waals surface area contributed by atoms with Crippen LogP contribution in [0.4, 0.5) is 0 Å². The Kier molecular flexibility index (Phi) is 5.99. The molecule has 7 heteroatoms. The van der Waals surface area contributed by atoms with Gasteiger partial charge in [-0.05, 0) is 40.8 Å². The highest BCUT2D eigenvalue weighted by Gasteiger charge is 2.30. The van der Waals surface area contributed by atoms with Crippen molar-refractivity contribution in [2.75, 3.05) is 19.8 Å². The van der Waals surface area contributed by atoms with Crippen molar-refractivity contribution in [1.82, 2.24) is 5.32 Å². The topological polar surface area (TPSA) is 89.8 Å². The van der Waals surface area contributed by atoms with Crippen LogP contribution in [0.15, 0.2) is 22.7 Å². The first-order valence-corrected chi connectivity index (χ1v) is 6.95. The number of rotatable bonds is 5. The van der Waals surface area contributed by atoms with E-state index in [1.54, 1.807) is 18.2 Å². The summed E-state index contributed by atoms with van der Waals surface area (Å²) >= 11 is 5.27. The number of carbonyl (C=O) groups is 1. The van der Waals surface area contributed by atoms with Gasteiger partial charge in [-0.1, -0.05) is 15.9 Å². The van der Waals surface area contributed by atoms with Crippen LogP contribution >= 0.6 is 38.5 Å². The Morgan fingerprint density at radius 1 is 1.28 bits per heavy atom. The van der Waals surface area contributed by atoms with Crippen LogP contribution in [-0.2, 0) is 0 Å². The fourth-order valence-corrected chi connectivity index (χ4v) is 2.19. The van der Waals surface area contributed by atoms with E-state index in [0.29, 0.717) is 5.56 Å². The molecule has 0 saturated carbocycles. The Bertz CT molecular complexity index is 429. The summed E-state index contributed by atoms with van der Waals surface area (Å²) in [5.74, 6) is -0.460. The Hall–Kier alpha value is -0.220. The molecule has 1 aromatic rings. The SMILES string of the molecule is O=C(NC(CO)(CO)CO)c1cc(Br)ccc1I. The molecule has 1 amide bonds. The minimum atomic E-state index is -1.41. The third kappa shape index (κ3) is 3.64. The highest BCUT2D eigenvalue weighted by Crippen LogP contribution is 2.19. The number of halogens is 2. The fraction of sp³-hybridized carbons (Fsp3) is 0.364. The van der Waals surface area contributed by atoms with Gasteiger partial charge in [0.1, 0.15) is 5.54 Å². The highest BCUT2D eigenvalue weighted by atomic mass is 127. The molecule has 0 aliphatic rings. The molecule has 0 aromatic heterocycles.